The molecule has 0 radical (unpaired) electrons. The average molecular weight is 413 g/mol. The highest BCUT2D eigenvalue weighted by Crippen LogP contribution is 2.32. The molecule has 24 heavy (non-hydrogen) atoms. The molecular formula is C16H17BrN2O4S. The van der Waals surface area contributed by atoms with E-state index >= 15 is 0 Å². The fourth-order valence-electron chi connectivity index (χ4n) is 2.69. The number of sulfonamides is 1. The molecule has 8 heteroatoms. The van der Waals surface area contributed by atoms with Crippen molar-refractivity contribution in [3.63, 3.8) is 0 Å². The maximum Gasteiger partial charge on any atom is 0.291 e. The van der Waals surface area contributed by atoms with E-state index in [4.69, 9.17) is 4.42 Å². The SMILES string of the molecule is CCS(=O)(=O)N1CCCc2ccc(NC(=O)c3ccc(Br)o3)cc21. The Kier molecular flexibility index (Phi) is 4.69. The Morgan fingerprint density at radius 3 is 2.79 bits per heavy atom. The number of hydrogen-bond acceptors (Lipinski definition) is 4. The van der Waals surface area contributed by atoms with Crippen molar-refractivity contribution < 1.29 is 17.6 Å². The van der Waals surface area contributed by atoms with Gasteiger partial charge in [0.2, 0.25) is 10.0 Å². The molecule has 0 saturated heterocycles. The lowest BCUT2D eigenvalue weighted by Crippen LogP contribution is -2.36. The highest BCUT2D eigenvalue weighted by atomic mass is 79.9. The number of aryl methyl sites for hydroxylation is 1. The quantitative estimate of drug-likeness (QED) is 0.834. The lowest BCUT2D eigenvalue weighted by atomic mass is 10.0. The Morgan fingerprint density at radius 1 is 1.33 bits per heavy atom. The topological polar surface area (TPSA) is 79.6 Å². The first-order valence-corrected chi connectivity index (χ1v) is 10.0. The van der Waals surface area contributed by atoms with Crippen molar-refractivity contribution in [1.29, 1.82) is 0 Å². The van der Waals surface area contributed by atoms with Crippen molar-refractivity contribution in [1.82, 2.24) is 0 Å². The molecule has 0 unspecified atom stereocenters. The maximum absolute atomic E-state index is 12.3. The Bertz CT molecular complexity index is 876. The molecule has 0 saturated carbocycles. The summed E-state index contributed by atoms with van der Waals surface area (Å²) in [4.78, 5) is 12.2. The van der Waals surface area contributed by atoms with Crippen LogP contribution in [0.15, 0.2) is 39.4 Å². The van der Waals surface area contributed by atoms with Gasteiger partial charge >= 0.3 is 0 Å². The molecule has 1 aromatic carbocycles. The summed E-state index contributed by atoms with van der Waals surface area (Å²) >= 11 is 3.15. The van der Waals surface area contributed by atoms with E-state index in [0.29, 0.717) is 22.6 Å². The monoisotopic (exact) mass is 412 g/mol. The number of amides is 1. The van der Waals surface area contributed by atoms with E-state index in [1.165, 1.54) is 4.31 Å². The van der Waals surface area contributed by atoms with Crippen molar-refractivity contribution in [3.05, 3.63) is 46.3 Å². The number of furan rings is 1. The number of nitrogens with one attached hydrogen (secondary N) is 1. The molecule has 1 N–H and O–H groups in total. The Morgan fingerprint density at radius 2 is 2.12 bits per heavy atom. The molecule has 1 aliphatic heterocycles. The second-order valence-corrected chi connectivity index (χ2v) is 8.44. The van der Waals surface area contributed by atoms with E-state index in [1.54, 1.807) is 31.2 Å². The predicted octanol–water partition coefficient (Wildman–Crippen LogP) is 3.40. The third kappa shape index (κ3) is 3.34. The van der Waals surface area contributed by atoms with E-state index in [-0.39, 0.29) is 17.4 Å². The molecule has 2 heterocycles. The minimum atomic E-state index is -3.33. The number of rotatable bonds is 4. The van der Waals surface area contributed by atoms with Gasteiger partial charge in [0.15, 0.2) is 10.4 Å². The van der Waals surface area contributed by atoms with Gasteiger partial charge in [-0.15, -0.1) is 0 Å². The minimum absolute atomic E-state index is 0.0451. The average Bonchev–Trinajstić information content (AvgIpc) is 3.01. The lowest BCUT2D eigenvalue weighted by molar-refractivity contribution is 0.0995. The first-order chi connectivity index (χ1) is 11.4. The zero-order chi connectivity index (χ0) is 17.3. The summed E-state index contributed by atoms with van der Waals surface area (Å²) in [5, 5.41) is 2.74. The molecule has 3 rings (SSSR count). The summed E-state index contributed by atoms with van der Waals surface area (Å²) < 4.78 is 31.7. The summed E-state index contributed by atoms with van der Waals surface area (Å²) in [6.07, 6.45) is 1.61. The van der Waals surface area contributed by atoms with Crippen LogP contribution in [0.1, 0.15) is 29.5 Å². The normalized spacial score (nSPS) is 14.3. The van der Waals surface area contributed by atoms with Gasteiger partial charge in [0, 0.05) is 12.2 Å². The Labute approximate surface area is 149 Å². The molecular weight excluding hydrogens is 396 g/mol. The van der Waals surface area contributed by atoms with E-state index in [9.17, 15) is 13.2 Å². The molecule has 0 spiro atoms. The van der Waals surface area contributed by atoms with E-state index in [0.717, 1.165) is 18.4 Å². The first kappa shape index (κ1) is 17.0. The summed E-state index contributed by atoms with van der Waals surface area (Å²) in [6, 6.07) is 8.54. The van der Waals surface area contributed by atoms with Crippen LogP contribution >= 0.6 is 15.9 Å². The number of halogens is 1. The van der Waals surface area contributed by atoms with Gasteiger partial charge in [0.25, 0.3) is 5.91 Å². The Balaban J connectivity index is 1.90. The molecule has 0 fully saturated rings. The smallest absolute Gasteiger partial charge is 0.291 e. The van der Waals surface area contributed by atoms with Gasteiger partial charge < -0.3 is 9.73 Å². The standard InChI is InChI=1S/C16H17BrN2O4S/c1-2-24(21,22)19-9-3-4-11-5-6-12(10-13(11)19)18-16(20)14-7-8-15(17)23-14/h5-8,10H,2-4,9H2,1H3,(H,18,20). The number of nitrogens with zero attached hydrogens (tertiary/aromatic N) is 1. The molecule has 6 nitrogen and oxygen atoms in total. The van der Waals surface area contributed by atoms with Crippen LogP contribution in [-0.4, -0.2) is 26.6 Å². The summed E-state index contributed by atoms with van der Waals surface area (Å²) in [6.45, 7) is 2.09. The van der Waals surface area contributed by atoms with Crippen LogP contribution < -0.4 is 9.62 Å². The van der Waals surface area contributed by atoms with Crippen LogP contribution in [0.5, 0.6) is 0 Å². The van der Waals surface area contributed by atoms with Gasteiger partial charge in [-0.05, 0) is 65.5 Å². The first-order valence-electron chi connectivity index (χ1n) is 7.61. The summed E-state index contributed by atoms with van der Waals surface area (Å²) in [5.41, 5.74) is 2.14. The van der Waals surface area contributed by atoms with Crippen molar-refractivity contribution in [2.75, 3.05) is 21.9 Å². The highest BCUT2D eigenvalue weighted by molar-refractivity contribution is 9.10. The Hall–Kier alpha value is -1.80. The number of hydrogen-bond donors (Lipinski definition) is 1. The van der Waals surface area contributed by atoms with Gasteiger partial charge in [0.05, 0.1) is 11.4 Å². The molecule has 1 amide bonds. The number of fused-ring (bicyclic) bond motifs is 1. The van der Waals surface area contributed by atoms with Gasteiger partial charge in [-0.25, -0.2) is 8.42 Å². The lowest BCUT2D eigenvalue weighted by Gasteiger charge is -2.30. The van der Waals surface area contributed by atoms with E-state index < -0.39 is 10.0 Å². The highest BCUT2D eigenvalue weighted by Gasteiger charge is 2.26. The van der Waals surface area contributed by atoms with Gasteiger partial charge in [0.1, 0.15) is 0 Å². The van der Waals surface area contributed by atoms with Crippen molar-refractivity contribution in [2.45, 2.75) is 19.8 Å². The van der Waals surface area contributed by atoms with Crippen LogP contribution in [0, 0.1) is 0 Å². The molecule has 1 aliphatic rings. The zero-order valence-electron chi connectivity index (χ0n) is 13.1. The third-order valence-electron chi connectivity index (χ3n) is 3.92. The van der Waals surface area contributed by atoms with Crippen molar-refractivity contribution in [3.8, 4) is 0 Å². The molecule has 128 valence electrons. The second kappa shape index (κ2) is 6.60. The molecule has 1 aromatic heterocycles. The van der Waals surface area contributed by atoms with Gasteiger partial charge in [-0.3, -0.25) is 9.10 Å². The van der Waals surface area contributed by atoms with E-state index in [2.05, 4.69) is 21.2 Å². The maximum atomic E-state index is 12.3. The largest absolute Gasteiger partial charge is 0.444 e. The second-order valence-electron chi connectivity index (χ2n) is 5.48. The van der Waals surface area contributed by atoms with Crippen LogP contribution in [0.25, 0.3) is 0 Å². The zero-order valence-corrected chi connectivity index (χ0v) is 15.5. The predicted molar refractivity (Wildman–Crippen MR) is 95.9 cm³/mol. The third-order valence-corrected chi connectivity index (χ3v) is 6.12. The molecule has 0 atom stereocenters. The van der Waals surface area contributed by atoms with Gasteiger partial charge in [-0.2, -0.15) is 0 Å². The minimum Gasteiger partial charge on any atom is -0.444 e. The fourth-order valence-corrected chi connectivity index (χ4v) is 4.19. The van der Waals surface area contributed by atoms with Gasteiger partial charge in [-0.1, -0.05) is 6.07 Å². The summed E-state index contributed by atoms with van der Waals surface area (Å²) in [5.74, 6) is -0.164. The fraction of sp³-hybridized carbons (Fsp3) is 0.312. The summed E-state index contributed by atoms with van der Waals surface area (Å²) in [7, 11) is -3.33. The van der Waals surface area contributed by atoms with Crippen molar-refractivity contribution in [2.24, 2.45) is 0 Å². The molecule has 0 aliphatic carbocycles. The number of carbonyl (C=O) groups is 1. The van der Waals surface area contributed by atoms with Crippen LogP contribution in [-0.2, 0) is 16.4 Å². The number of benzene rings is 1. The van der Waals surface area contributed by atoms with Crippen molar-refractivity contribution >= 4 is 43.2 Å². The van der Waals surface area contributed by atoms with E-state index in [1.807, 2.05) is 6.07 Å². The molecule has 2 aromatic rings. The number of anilines is 2. The number of carbonyl (C=O) groups excluding carboxylic acids is 1. The molecule has 0 bridgehead atoms. The van der Waals surface area contributed by atoms with Crippen LogP contribution in [0.4, 0.5) is 11.4 Å². The van der Waals surface area contributed by atoms with Crippen LogP contribution in [0.3, 0.4) is 0 Å². The van der Waals surface area contributed by atoms with Crippen LogP contribution in [0.2, 0.25) is 0 Å².